The lowest BCUT2D eigenvalue weighted by Gasteiger charge is -2.18. The minimum Gasteiger partial charge on any atom is -0.293 e. The van der Waals surface area contributed by atoms with Gasteiger partial charge in [0, 0.05) is 19.0 Å². The monoisotopic (exact) mass is 166 g/mol. The third kappa shape index (κ3) is 4.06. The van der Waals surface area contributed by atoms with E-state index in [4.69, 9.17) is 0 Å². The number of hydrogen-bond acceptors (Lipinski definition) is 2. The number of nitrogens with zero attached hydrogens (tertiary/aromatic N) is 2. The van der Waals surface area contributed by atoms with Crippen molar-refractivity contribution < 1.29 is 0 Å². The van der Waals surface area contributed by atoms with Gasteiger partial charge >= 0.3 is 0 Å². The largest absolute Gasteiger partial charge is 0.293 e. The highest BCUT2D eigenvalue weighted by Gasteiger charge is 2.14. The van der Waals surface area contributed by atoms with Crippen molar-refractivity contribution in [2.24, 2.45) is 15.4 Å². The highest BCUT2D eigenvalue weighted by molar-refractivity contribution is 5.80. The van der Waals surface area contributed by atoms with Crippen molar-refractivity contribution in [1.82, 2.24) is 0 Å². The lowest BCUT2D eigenvalue weighted by molar-refractivity contribution is 0.525. The summed E-state index contributed by atoms with van der Waals surface area (Å²) in [5, 5.41) is 0. The van der Waals surface area contributed by atoms with Gasteiger partial charge in [-0.25, -0.2) is 0 Å². The molecule has 0 heterocycles. The Labute approximate surface area is 75.1 Å². The number of allylic oxidation sites excluding steroid dienone is 1. The summed E-state index contributed by atoms with van der Waals surface area (Å²) in [5.74, 6) is 0. The summed E-state index contributed by atoms with van der Waals surface area (Å²) in [6.45, 7) is 12.6. The molecule has 0 rings (SSSR count). The molecule has 0 aliphatic heterocycles. The van der Waals surface area contributed by atoms with E-state index in [-0.39, 0.29) is 5.41 Å². The molecule has 0 aromatic heterocycles. The minimum atomic E-state index is 0.0971. The Morgan fingerprint density at radius 2 is 2.00 bits per heavy atom. The van der Waals surface area contributed by atoms with E-state index in [0.717, 1.165) is 12.1 Å². The van der Waals surface area contributed by atoms with Crippen LogP contribution in [0.3, 0.4) is 0 Å². The van der Waals surface area contributed by atoms with Crippen LogP contribution in [-0.2, 0) is 0 Å². The summed E-state index contributed by atoms with van der Waals surface area (Å²) in [6, 6.07) is 0. The number of aliphatic imine (C=N–C) groups is 2. The summed E-state index contributed by atoms with van der Waals surface area (Å²) < 4.78 is 0. The second-order valence-corrected chi connectivity index (χ2v) is 3.64. The summed E-state index contributed by atoms with van der Waals surface area (Å²) in [5.41, 5.74) is 1.21. The summed E-state index contributed by atoms with van der Waals surface area (Å²) >= 11 is 0. The van der Waals surface area contributed by atoms with E-state index in [2.05, 4.69) is 37.5 Å². The molecular weight excluding hydrogens is 148 g/mol. The van der Waals surface area contributed by atoms with Gasteiger partial charge in [0.1, 0.15) is 0 Å². The van der Waals surface area contributed by atoms with Crippen LogP contribution in [0.4, 0.5) is 0 Å². The van der Waals surface area contributed by atoms with Crippen LogP contribution >= 0.6 is 0 Å². The predicted octanol–water partition coefficient (Wildman–Crippen LogP) is 2.71. The molecule has 0 spiro atoms. The zero-order chi connectivity index (χ0) is 9.61. The summed E-state index contributed by atoms with van der Waals surface area (Å²) in [4.78, 5) is 7.93. The Hall–Kier alpha value is -0.920. The molecule has 68 valence electrons. The standard InChI is InChI=1S/C10H18N2/c1-6-12-8-9(7-11-5)10(2,3)4/h7-8H,5-6H2,1-4H3/b9-7+,12-8?. The SMILES string of the molecule is C=N/C=C(\C=NCC)C(C)(C)C. The molecule has 0 saturated carbocycles. The van der Waals surface area contributed by atoms with Gasteiger partial charge in [-0.1, -0.05) is 20.8 Å². The molecule has 0 radical (unpaired) electrons. The molecule has 12 heavy (non-hydrogen) atoms. The molecule has 0 aromatic carbocycles. The van der Waals surface area contributed by atoms with E-state index in [1.54, 1.807) is 6.20 Å². The van der Waals surface area contributed by atoms with Gasteiger partial charge < -0.3 is 0 Å². The molecule has 0 unspecified atom stereocenters. The van der Waals surface area contributed by atoms with Gasteiger partial charge in [0.25, 0.3) is 0 Å². The maximum atomic E-state index is 4.18. The van der Waals surface area contributed by atoms with Crippen LogP contribution in [0.25, 0.3) is 0 Å². The third-order valence-corrected chi connectivity index (χ3v) is 1.51. The maximum Gasteiger partial charge on any atom is 0.0361 e. The van der Waals surface area contributed by atoms with Crippen molar-refractivity contribution in [3.05, 3.63) is 11.8 Å². The second-order valence-electron chi connectivity index (χ2n) is 3.64. The first-order valence-electron chi connectivity index (χ1n) is 4.18. The van der Waals surface area contributed by atoms with Crippen LogP contribution in [0.15, 0.2) is 21.8 Å². The van der Waals surface area contributed by atoms with E-state index >= 15 is 0 Å². The van der Waals surface area contributed by atoms with Crippen LogP contribution in [0.1, 0.15) is 27.7 Å². The van der Waals surface area contributed by atoms with Gasteiger partial charge in [-0.3, -0.25) is 9.98 Å². The smallest absolute Gasteiger partial charge is 0.0361 e. The van der Waals surface area contributed by atoms with Gasteiger partial charge in [-0.15, -0.1) is 0 Å². The number of rotatable bonds is 3. The molecule has 0 N–H and O–H groups in total. The average Bonchev–Trinajstić information content (AvgIpc) is 1.95. The zero-order valence-electron chi connectivity index (χ0n) is 8.46. The van der Waals surface area contributed by atoms with Gasteiger partial charge in [0.2, 0.25) is 0 Å². The molecule has 0 aliphatic carbocycles. The van der Waals surface area contributed by atoms with Gasteiger partial charge in [0.05, 0.1) is 0 Å². The molecule has 2 nitrogen and oxygen atoms in total. The Morgan fingerprint density at radius 1 is 1.42 bits per heavy atom. The van der Waals surface area contributed by atoms with Gasteiger partial charge in [0.15, 0.2) is 0 Å². The molecule has 2 heteroatoms. The Morgan fingerprint density at radius 3 is 2.33 bits per heavy atom. The van der Waals surface area contributed by atoms with Crippen LogP contribution in [-0.4, -0.2) is 19.5 Å². The fraction of sp³-hybridized carbons (Fsp3) is 0.600. The van der Waals surface area contributed by atoms with E-state index in [1.807, 2.05) is 13.1 Å². The average molecular weight is 166 g/mol. The Balaban J connectivity index is 4.57. The first-order chi connectivity index (χ1) is 5.52. The first-order valence-corrected chi connectivity index (χ1v) is 4.18. The molecular formula is C10H18N2. The van der Waals surface area contributed by atoms with Crippen molar-refractivity contribution in [2.75, 3.05) is 6.54 Å². The van der Waals surface area contributed by atoms with Crippen molar-refractivity contribution in [3.63, 3.8) is 0 Å². The fourth-order valence-corrected chi connectivity index (χ4v) is 0.709. The van der Waals surface area contributed by atoms with Crippen molar-refractivity contribution in [2.45, 2.75) is 27.7 Å². The Bertz CT molecular complexity index is 194. The molecule has 0 fully saturated rings. The summed E-state index contributed by atoms with van der Waals surface area (Å²) in [6.07, 6.45) is 3.63. The van der Waals surface area contributed by atoms with E-state index < -0.39 is 0 Å². The van der Waals surface area contributed by atoms with Gasteiger partial charge in [-0.05, 0) is 24.6 Å². The second kappa shape index (κ2) is 4.86. The van der Waals surface area contributed by atoms with Crippen LogP contribution in [0.5, 0.6) is 0 Å². The highest BCUT2D eigenvalue weighted by atomic mass is 14.7. The van der Waals surface area contributed by atoms with E-state index in [1.165, 1.54) is 0 Å². The van der Waals surface area contributed by atoms with Crippen LogP contribution in [0, 0.1) is 5.41 Å². The maximum absolute atomic E-state index is 4.18. The van der Waals surface area contributed by atoms with E-state index in [9.17, 15) is 0 Å². The third-order valence-electron chi connectivity index (χ3n) is 1.51. The topological polar surface area (TPSA) is 24.7 Å². The predicted molar refractivity (Wildman–Crippen MR) is 56.1 cm³/mol. The lowest BCUT2D eigenvalue weighted by Crippen LogP contribution is -2.10. The molecule has 0 amide bonds. The highest BCUT2D eigenvalue weighted by Crippen LogP contribution is 2.23. The zero-order valence-corrected chi connectivity index (χ0v) is 8.46. The first kappa shape index (κ1) is 11.1. The van der Waals surface area contributed by atoms with Crippen molar-refractivity contribution in [3.8, 4) is 0 Å². The molecule has 0 bridgehead atoms. The lowest BCUT2D eigenvalue weighted by atomic mass is 9.88. The molecule has 0 saturated heterocycles. The minimum absolute atomic E-state index is 0.0971. The normalized spacial score (nSPS) is 13.8. The van der Waals surface area contributed by atoms with E-state index in [0.29, 0.717) is 0 Å². The molecule has 0 aliphatic rings. The van der Waals surface area contributed by atoms with Crippen molar-refractivity contribution >= 4 is 12.9 Å². The number of hydrogen-bond donors (Lipinski definition) is 0. The molecule has 0 aromatic rings. The fourth-order valence-electron chi connectivity index (χ4n) is 0.709. The van der Waals surface area contributed by atoms with Crippen molar-refractivity contribution in [1.29, 1.82) is 0 Å². The van der Waals surface area contributed by atoms with Gasteiger partial charge in [-0.2, -0.15) is 0 Å². The Kier molecular flexibility index (Phi) is 4.49. The summed E-state index contributed by atoms with van der Waals surface area (Å²) in [7, 11) is 0. The van der Waals surface area contributed by atoms with Crippen LogP contribution < -0.4 is 0 Å². The quantitative estimate of drug-likeness (QED) is 0.576. The molecule has 0 atom stereocenters. The van der Waals surface area contributed by atoms with Crippen LogP contribution in [0.2, 0.25) is 0 Å².